The minimum Gasteiger partial charge on any atom is -0.489 e. The molecule has 0 aliphatic carbocycles. The van der Waals surface area contributed by atoms with E-state index < -0.39 is 0 Å². The van der Waals surface area contributed by atoms with Crippen molar-refractivity contribution in [2.45, 2.75) is 13.5 Å². The van der Waals surface area contributed by atoms with E-state index in [1.54, 1.807) is 0 Å². The number of likely N-dealkylation sites (N-methyl/N-ethyl adjacent to an activating group) is 1. The summed E-state index contributed by atoms with van der Waals surface area (Å²) in [5.74, 6) is 0.915. The summed E-state index contributed by atoms with van der Waals surface area (Å²) in [6.07, 6.45) is 0. The van der Waals surface area contributed by atoms with Gasteiger partial charge in [0.15, 0.2) is 0 Å². The van der Waals surface area contributed by atoms with Gasteiger partial charge in [-0.15, -0.1) is 0 Å². The van der Waals surface area contributed by atoms with Crippen molar-refractivity contribution in [2.24, 2.45) is 0 Å². The van der Waals surface area contributed by atoms with Gasteiger partial charge in [0.05, 0.1) is 33.2 Å². The lowest BCUT2D eigenvalue weighted by molar-refractivity contribution is -0.883. The summed E-state index contributed by atoms with van der Waals surface area (Å²) in [5.41, 5.74) is 3.80. The highest BCUT2D eigenvalue weighted by molar-refractivity contribution is 6.01. The Morgan fingerprint density at radius 3 is 2.63 bits per heavy atom. The fraction of sp³-hybridized carbons (Fsp3) is 0.318. The smallest absolute Gasteiger partial charge is 0.270 e. The number of amides is 1. The highest BCUT2D eigenvalue weighted by Crippen LogP contribution is 2.27. The van der Waals surface area contributed by atoms with Crippen LogP contribution in [0.5, 0.6) is 5.75 Å². The highest BCUT2D eigenvalue weighted by Gasteiger charge is 2.25. The molecular formula is C22H26N3O2+. The SMILES string of the molecule is Cc1c(C(=O)N2CC[NH+](C)CC2)[nH]c2ccc(OCc3ccccc3)cc12. The Morgan fingerprint density at radius 2 is 1.89 bits per heavy atom. The zero-order chi connectivity index (χ0) is 18.8. The van der Waals surface area contributed by atoms with Crippen LogP contribution < -0.4 is 9.64 Å². The number of benzene rings is 2. The number of piperazine rings is 1. The van der Waals surface area contributed by atoms with Crippen LogP contribution >= 0.6 is 0 Å². The van der Waals surface area contributed by atoms with Gasteiger partial charge >= 0.3 is 0 Å². The van der Waals surface area contributed by atoms with E-state index in [1.165, 1.54) is 4.90 Å². The normalized spacial score (nSPS) is 15.3. The number of aryl methyl sites for hydroxylation is 1. The molecule has 0 atom stereocenters. The first kappa shape index (κ1) is 17.6. The third-order valence-corrected chi connectivity index (χ3v) is 5.40. The number of fused-ring (bicyclic) bond motifs is 1. The van der Waals surface area contributed by atoms with E-state index in [1.807, 2.05) is 48.2 Å². The van der Waals surface area contributed by atoms with Crippen molar-refractivity contribution >= 4 is 16.8 Å². The first-order chi connectivity index (χ1) is 13.1. The predicted octanol–water partition coefficient (Wildman–Crippen LogP) is 2.03. The van der Waals surface area contributed by atoms with Crippen LogP contribution in [0.2, 0.25) is 0 Å². The summed E-state index contributed by atoms with van der Waals surface area (Å²) in [6, 6.07) is 16.1. The van der Waals surface area contributed by atoms with Crippen molar-refractivity contribution in [3.8, 4) is 5.75 Å². The third-order valence-electron chi connectivity index (χ3n) is 5.40. The molecule has 2 aromatic carbocycles. The lowest BCUT2D eigenvalue weighted by Gasteiger charge is -2.29. The van der Waals surface area contributed by atoms with Crippen molar-refractivity contribution < 1.29 is 14.4 Å². The van der Waals surface area contributed by atoms with Gasteiger partial charge in [-0.05, 0) is 36.2 Å². The Labute approximate surface area is 159 Å². The van der Waals surface area contributed by atoms with Gasteiger partial charge in [0.2, 0.25) is 0 Å². The molecule has 1 aliphatic heterocycles. The van der Waals surface area contributed by atoms with Crippen LogP contribution in [0.3, 0.4) is 0 Å². The zero-order valence-corrected chi connectivity index (χ0v) is 15.9. The van der Waals surface area contributed by atoms with Crippen LogP contribution in [0, 0.1) is 6.92 Å². The molecule has 0 bridgehead atoms. The summed E-state index contributed by atoms with van der Waals surface area (Å²) >= 11 is 0. The van der Waals surface area contributed by atoms with Gasteiger partial charge in [0, 0.05) is 10.9 Å². The first-order valence-corrected chi connectivity index (χ1v) is 9.51. The van der Waals surface area contributed by atoms with Crippen molar-refractivity contribution in [1.82, 2.24) is 9.88 Å². The van der Waals surface area contributed by atoms with Gasteiger partial charge in [-0.25, -0.2) is 0 Å². The van der Waals surface area contributed by atoms with Gasteiger partial charge < -0.3 is 19.5 Å². The molecule has 0 saturated carbocycles. The van der Waals surface area contributed by atoms with Crippen molar-refractivity contribution in [3.63, 3.8) is 0 Å². The van der Waals surface area contributed by atoms with Crippen LogP contribution in [0.4, 0.5) is 0 Å². The summed E-state index contributed by atoms with van der Waals surface area (Å²) in [4.78, 5) is 19.7. The maximum absolute atomic E-state index is 12.9. The monoisotopic (exact) mass is 364 g/mol. The number of carbonyl (C=O) groups is 1. The maximum Gasteiger partial charge on any atom is 0.270 e. The third kappa shape index (κ3) is 3.69. The Kier molecular flexibility index (Phi) is 4.86. The first-order valence-electron chi connectivity index (χ1n) is 9.51. The summed E-state index contributed by atoms with van der Waals surface area (Å²) in [5, 5.41) is 1.05. The largest absolute Gasteiger partial charge is 0.489 e. The Morgan fingerprint density at radius 1 is 1.15 bits per heavy atom. The van der Waals surface area contributed by atoms with Crippen LogP contribution in [-0.2, 0) is 6.61 Å². The molecule has 1 aliphatic rings. The molecule has 2 N–H and O–H groups in total. The second kappa shape index (κ2) is 7.45. The van der Waals surface area contributed by atoms with Crippen molar-refractivity contribution in [3.05, 3.63) is 65.4 Å². The number of ether oxygens (including phenoxy) is 1. The molecule has 2 heterocycles. The van der Waals surface area contributed by atoms with E-state index >= 15 is 0 Å². The van der Waals surface area contributed by atoms with E-state index in [4.69, 9.17) is 4.74 Å². The average Bonchev–Trinajstić information content (AvgIpc) is 3.03. The van der Waals surface area contributed by atoms with Crippen LogP contribution in [-0.4, -0.2) is 49.0 Å². The molecule has 0 radical (unpaired) electrons. The summed E-state index contributed by atoms with van der Waals surface area (Å²) in [6.45, 7) is 6.17. The van der Waals surface area contributed by atoms with Gasteiger partial charge in [-0.3, -0.25) is 4.79 Å². The molecule has 1 aromatic heterocycles. The fourth-order valence-corrected chi connectivity index (χ4v) is 3.60. The van der Waals surface area contributed by atoms with Crippen LogP contribution in [0.25, 0.3) is 10.9 Å². The summed E-state index contributed by atoms with van der Waals surface area (Å²) < 4.78 is 5.94. The zero-order valence-electron chi connectivity index (χ0n) is 15.9. The molecule has 5 heteroatoms. The Hall–Kier alpha value is -2.79. The summed E-state index contributed by atoms with van der Waals surface area (Å²) in [7, 11) is 2.17. The average molecular weight is 364 g/mol. The molecule has 5 nitrogen and oxygen atoms in total. The number of carbonyl (C=O) groups excluding carboxylic acids is 1. The number of nitrogens with one attached hydrogen (secondary N) is 2. The van der Waals surface area contributed by atoms with Gasteiger partial charge in [-0.1, -0.05) is 30.3 Å². The van der Waals surface area contributed by atoms with E-state index in [0.717, 1.165) is 54.0 Å². The standard InChI is InChI=1S/C22H25N3O2/c1-16-19-14-18(27-15-17-6-4-3-5-7-17)8-9-20(19)23-21(16)22(26)25-12-10-24(2)11-13-25/h3-9,14,23H,10-13,15H2,1-2H3/p+1. The number of quaternary nitrogens is 1. The molecule has 3 aromatic rings. The molecule has 4 rings (SSSR count). The molecule has 27 heavy (non-hydrogen) atoms. The lowest BCUT2D eigenvalue weighted by atomic mass is 10.1. The van der Waals surface area contributed by atoms with E-state index in [2.05, 4.69) is 24.2 Å². The topological polar surface area (TPSA) is 49.8 Å². The van der Waals surface area contributed by atoms with Gasteiger partial charge in [0.25, 0.3) is 5.91 Å². The number of H-pyrrole nitrogens is 1. The lowest BCUT2D eigenvalue weighted by Crippen LogP contribution is -3.12. The minimum absolute atomic E-state index is 0.1000. The molecule has 0 unspecified atom stereocenters. The molecule has 1 saturated heterocycles. The predicted molar refractivity (Wildman–Crippen MR) is 106 cm³/mol. The van der Waals surface area contributed by atoms with Crippen molar-refractivity contribution in [1.29, 1.82) is 0 Å². The van der Waals surface area contributed by atoms with Crippen LogP contribution in [0.1, 0.15) is 21.6 Å². The molecular weight excluding hydrogens is 338 g/mol. The molecule has 1 amide bonds. The van der Waals surface area contributed by atoms with Crippen molar-refractivity contribution in [2.75, 3.05) is 33.2 Å². The number of nitrogens with zero attached hydrogens (tertiary/aromatic N) is 1. The van der Waals surface area contributed by atoms with E-state index in [-0.39, 0.29) is 5.91 Å². The maximum atomic E-state index is 12.9. The number of aromatic nitrogens is 1. The number of aromatic amines is 1. The Bertz CT molecular complexity index is 941. The highest BCUT2D eigenvalue weighted by atomic mass is 16.5. The number of hydrogen-bond acceptors (Lipinski definition) is 2. The quantitative estimate of drug-likeness (QED) is 0.744. The number of rotatable bonds is 4. The van der Waals surface area contributed by atoms with E-state index in [0.29, 0.717) is 12.3 Å². The van der Waals surface area contributed by atoms with Gasteiger partial charge in [0.1, 0.15) is 18.1 Å². The second-order valence-electron chi connectivity index (χ2n) is 7.36. The second-order valence-corrected chi connectivity index (χ2v) is 7.36. The van der Waals surface area contributed by atoms with E-state index in [9.17, 15) is 4.79 Å². The fourth-order valence-electron chi connectivity index (χ4n) is 3.60. The molecule has 140 valence electrons. The minimum atomic E-state index is 0.1000. The molecule has 0 spiro atoms. The van der Waals surface area contributed by atoms with Gasteiger partial charge in [-0.2, -0.15) is 0 Å². The Balaban J connectivity index is 1.54. The number of hydrogen-bond donors (Lipinski definition) is 2. The molecule has 1 fully saturated rings. The van der Waals surface area contributed by atoms with Crippen LogP contribution in [0.15, 0.2) is 48.5 Å².